The first-order valence-corrected chi connectivity index (χ1v) is 6.48. The minimum Gasteiger partial charge on any atom is -0.318 e. The van der Waals surface area contributed by atoms with Gasteiger partial charge in [-0.2, -0.15) is 0 Å². The number of nitrogens with zero attached hydrogens (tertiary/aromatic N) is 1. The Morgan fingerprint density at radius 3 is 2.67 bits per heavy atom. The number of hydrogen-bond donors (Lipinski definition) is 1. The molecule has 18 heavy (non-hydrogen) atoms. The van der Waals surface area contributed by atoms with Gasteiger partial charge < -0.3 is 5.32 Å². The molecule has 0 radical (unpaired) electrons. The Morgan fingerprint density at radius 2 is 2.00 bits per heavy atom. The van der Waals surface area contributed by atoms with Crippen molar-refractivity contribution in [2.24, 2.45) is 0 Å². The zero-order valence-corrected chi connectivity index (χ0v) is 10.8. The highest BCUT2D eigenvalue weighted by molar-refractivity contribution is 6.40. The molecule has 98 valence electrons. The number of unbranched alkanes of at least 4 members (excludes halogenated alkanes) is 4. The lowest BCUT2D eigenvalue weighted by molar-refractivity contribution is -0.134. The van der Waals surface area contributed by atoms with Gasteiger partial charge >= 0.3 is 0 Å². The number of nitrogens with one attached hydrogen (secondary N) is 1. The van der Waals surface area contributed by atoms with Crippen LogP contribution in [-0.2, 0) is 9.59 Å². The molecule has 1 N–H and O–H groups in total. The standard InChI is InChI=1S/C14H20N2O2/c1-2-3-4-5-6-9-13(17)14(18)16-12-8-7-10-15-11-12/h7-8,10-11H,2-6,9H2,1H3,(H,16,18). The summed E-state index contributed by atoms with van der Waals surface area (Å²) in [4.78, 5) is 27.0. The molecule has 0 aliphatic carbocycles. The van der Waals surface area contributed by atoms with E-state index in [-0.39, 0.29) is 5.78 Å². The Bertz CT molecular complexity index is 377. The Hall–Kier alpha value is -1.71. The topological polar surface area (TPSA) is 59.1 Å². The maximum absolute atomic E-state index is 11.5. The SMILES string of the molecule is CCCCCCCC(=O)C(=O)Nc1cccnc1. The summed E-state index contributed by atoms with van der Waals surface area (Å²) in [7, 11) is 0. The monoisotopic (exact) mass is 248 g/mol. The first-order valence-electron chi connectivity index (χ1n) is 6.48. The van der Waals surface area contributed by atoms with Gasteiger partial charge in [0.15, 0.2) is 0 Å². The summed E-state index contributed by atoms with van der Waals surface area (Å²) in [6, 6.07) is 3.42. The maximum Gasteiger partial charge on any atom is 0.291 e. The maximum atomic E-state index is 11.5. The molecule has 0 spiro atoms. The summed E-state index contributed by atoms with van der Waals surface area (Å²) in [5.74, 6) is -0.895. The second-order valence-electron chi connectivity index (χ2n) is 4.28. The zero-order valence-electron chi connectivity index (χ0n) is 10.8. The van der Waals surface area contributed by atoms with Gasteiger partial charge in [0.2, 0.25) is 5.78 Å². The van der Waals surface area contributed by atoms with Crippen LogP contribution in [0.5, 0.6) is 0 Å². The Labute approximate surface area is 108 Å². The average Bonchev–Trinajstić information content (AvgIpc) is 2.39. The number of anilines is 1. The Morgan fingerprint density at radius 1 is 1.22 bits per heavy atom. The van der Waals surface area contributed by atoms with Gasteiger partial charge in [-0.25, -0.2) is 0 Å². The molecule has 0 aliphatic heterocycles. The molecule has 0 aromatic carbocycles. The van der Waals surface area contributed by atoms with Crippen molar-refractivity contribution in [3.63, 3.8) is 0 Å². The molecular formula is C14H20N2O2. The second-order valence-corrected chi connectivity index (χ2v) is 4.28. The van der Waals surface area contributed by atoms with Crippen LogP contribution in [0.15, 0.2) is 24.5 Å². The number of carbonyl (C=O) groups excluding carboxylic acids is 2. The molecule has 0 saturated carbocycles. The molecule has 1 aromatic rings. The highest BCUT2D eigenvalue weighted by Crippen LogP contribution is 2.07. The summed E-state index contributed by atoms with van der Waals surface area (Å²) in [6.07, 6.45) is 8.77. The summed E-state index contributed by atoms with van der Waals surface area (Å²) in [6.45, 7) is 2.15. The summed E-state index contributed by atoms with van der Waals surface area (Å²) in [5.41, 5.74) is 0.557. The molecule has 0 atom stereocenters. The van der Waals surface area contributed by atoms with Gasteiger partial charge in [0, 0.05) is 12.6 Å². The van der Waals surface area contributed by atoms with Crippen LogP contribution in [0, 0.1) is 0 Å². The quantitative estimate of drug-likeness (QED) is 0.568. The van der Waals surface area contributed by atoms with Crippen molar-refractivity contribution in [3.8, 4) is 0 Å². The number of ketones is 1. The van der Waals surface area contributed by atoms with Gasteiger partial charge in [-0.05, 0) is 18.6 Å². The first-order chi connectivity index (χ1) is 8.74. The number of rotatable bonds is 8. The number of carbonyl (C=O) groups is 2. The summed E-state index contributed by atoms with van der Waals surface area (Å²) < 4.78 is 0. The second kappa shape index (κ2) is 8.39. The van der Waals surface area contributed by atoms with Gasteiger partial charge in [-0.3, -0.25) is 14.6 Å². The molecule has 0 aliphatic rings. The van der Waals surface area contributed by atoms with E-state index in [0.717, 1.165) is 19.3 Å². The number of aromatic nitrogens is 1. The van der Waals surface area contributed by atoms with E-state index in [0.29, 0.717) is 12.1 Å². The molecule has 0 fully saturated rings. The molecule has 0 saturated heterocycles. The van der Waals surface area contributed by atoms with Crippen LogP contribution in [-0.4, -0.2) is 16.7 Å². The molecule has 4 nitrogen and oxygen atoms in total. The van der Waals surface area contributed by atoms with Gasteiger partial charge in [0.25, 0.3) is 5.91 Å². The van der Waals surface area contributed by atoms with Crippen LogP contribution in [0.2, 0.25) is 0 Å². The van der Waals surface area contributed by atoms with Crippen LogP contribution in [0.25, 0.3) is 0 Å². The van der Waals surface area contributed by atoms with Crippen molar-refractivity contribution in [2.45, 2.75) is 45.4 Å². The van der Waals surface area contributed by atoms with Crippen LogP contribution in [0.1, 0.15) is 45.4 Å². The van der Waals surface area contributed by atoms with Crippen molar-refractivity contribution < 1.29 is 9.59 Å². The fourth-order valence-corrected chi connectivity index (χ4v) is 1.64. The largest absolute Gasteiger partial charge is 0.318 e. The third-order valence-electron chi connectivity index (χ3n) is 2.68. The summed E-state index contributed by atoms with van der Waals surface area (Å²) in [5, 5.41) is 2.54. The minimum absolute atomic E-state index is 0.329. The van der Waals surface area contributed by atoms with Gasteiger partial charge in [0.1, 0.15) is 0 Å². The van der Waals surface area contributed by atoms with Crippen LogP contribution in [0.4, 0.5) is 5.69 Å². The van der Waals surface area contributed by atoms with Gasteiger partial charge in [0.05, 0.1) is 11.9 Å². The predicted octanol–water partition coefficient (Wildman–Crippen LogP) is 2.95. The van der Waals surface area contributed by atoms with E-state index >= 15 is 0 Å². The minimum atomic E-state index is -0.543. The third kappa shape index (κ3) is 5.57. The predicted molar refractivity (Wildman–Crippen MR) is 71.2 cm³/mol. The van der Waals surface area contributed by atoms with Crippen LogP contribution < -0.4 is 5.32 Å². The van der Waals surface area contributed by atoms with Crippen molar-refractivity contribution in [2.75, 3.05) is 5.32 Å². The highest BCUT2D eigenvalue weighted by atomic mass is 16.2. The average molecular weight is 248 g/mol. The highest BCUT2D eigenvalue weighted by Gasteiger charge is 2.12. The fourth-order valence-electron chi connectivity index (χ4n) is 1.64. The van der Waals surface area contributed by atoms with Gasteiger partial charge in [-0.1, -0.05) is 32.6 Å². The molecule has 4 heteroatoms. The smallest absolute Gasteiger partial charge is 0.291 e. The summed E-state index contributed by atoms with van der Waals surface area (Å²) >= 11 is 0. The van der Waals surface area contributed by atoms with E-state index in [4.69, 9.17) is 0 Å². The fraction of sp³-hybridized carbons (Fsp3) is 0.500. The molecular weight excluding hydrogens is 228 g/mol. The lowest BCUT2D eigenvalue weighted by Crippen LogP contribution is -2.22. The van der Waals surface area contributed by atoms with E-state index < -0.39 is 5.91 Å². The number of hydrogen-bond acceptors (Lipinski definition) is 3. The molecule has 0 bridgehead atoms. The van der Waals surface area contributed by atoms with E-state index in [9.17, 15) is 9.59 Å². The molecule has 1 rings (SSSR count). The van der Waals surface area contributed by atoms with E-state index in [1.807, 2.05) is 0 Å². The normalized spacial score (nSPS) is 10.1. The molecule has 0 unspecified atom stereocenters. The third-order valence-corrected chi connectivity index (χ3v) is 2.68. The van der Waals surface area contributed by atoms with Crippen LogP contribution >= 0.6 is 0 Å². The zero-order chi connectivity index (χ0) is 13.2. The van der Waals surface area contributed by atoms with Crippen molar-refractivity contribution >= 4 is 17.4 Å². The molecule has 1 amide bonds. The lowest BCUT2D eigenvalue weighted by atomic mass is 10.1. The van der Waals surface area contributed by atoms with E-state index in [1.165, 1.54) is 19.0 Å². The molecule has 1 heterocycles. The van der Waals surface area contributed by atoms with Gasteiger partial charge in [-0.15, -0.1) is 0 Å². The van der Waals surface area contributed by atoms with Crippen molar-refractivity contribution in [1.29, 1.82) is 0 Å². The number of amides is 1. The van der Waals surface area contributed by atoms with E-state index in [2.05, 4.69) is 17.2 Å². The lowest BCUT2D eigenvalue weighted by Gasteiger charge is -2.03. The Balaban J connectivity index is 2.23. The first kappa shape index (κ1) is 14.4. The van der Waals surface area contributed by atoms with Crippen molar-refractivity contribution in [3.05, 3.63) is 24.5 Å². The van der Waals surface area contributed by atoms with Crippen LogP contribution in [0.3, 0.4) is 0 Å². The van der Waals surface area contributed by atoms with Crippen molar-refractivity contribution in [1.82, 2.24) is 4.98 Å². The number of Topliss-reactive ketones (excluding diaryl/α,β-unsaturated/α-hetero) is 1. The number of pyridine rings is 1. The Kier molecular flexibility index (Phi) is 6.69. The molecule has 1 aromatic heterocycles. The van der Waals surface area contributed by atoms with E-state index in [1.54, 1.807) is 18.3 Å².